The summed E-state index contributed by atoms with van der Waals surface area (Å²) in [6.45, 7) is 12.8. The van der Waals surface area contributed by atoms with Crippen LogP contribution in [0.4, 0.5) is 5.69 Å². The van der Waals surface area contributed by atoms with Crippen molar-refractivity contribution in [3.8, 4) is 0 Å². The number of carbonyl (C=O) groups is 1. The highest BCUT2D eigenvalue weighted by molar-refractivity contribution is 5.95. The third-order valence-corrected chi connectivity index (χ3v) is 3.83. The van der Waals surface area contributed by atoms with Gasteiger partial charge in [-0.25, -0.2) is 0 Å². The van der Waals surface area contributed by atoms with E-state index < -0.39 is 0 Å². The molecule has 2 rings (SSSR count). The Morgan fingerprint density at radius 2 is 1.81 bits per heavy atom. The third-order valence-electron chi connectivity index (χ3n) is 3.83. The summed E-state index contributed by atoms with van der Waals surface area (Å²) >= 11 is 0. The van der Waals surface area contributed by atoms with Crippen LogP contribution in [-0.4, -0.2) is 24.5 Å². The number of carbonyl (C=O) groups excluding carboxylic acids is 1. The van der Waals surface area contributed by atoms with Crippen LogP contribution in [0.2, 0.25) is 0 Å². The molecule has 1 heterocycles. The molecule has 1 fully saturated rings. The first kappa shape index (κ1) is 15.9. The maximum Gasteiger partial charge on any atom is 0.251 e. The number of amides is 1. The molecule has 3 heteroatoms. The summed E-state index contributed by atoms with van der Waals surface area (Å²) < 4.78 is 0. The molecule has 0 spiro atoms. The van der Waals surface area contributed by atoms with Crippen molar-refractivity contribution in [3.63, 3.8) is 0 Å². The number of nitrogens with one attached hydrogen (secondary N) is 1. The molecule has 2 atom stereocenters. The molecule has 21 heavy (non-hydrogen) atoms. The van der Waals surface area contributed by atoms with Crippen LogP contribution < -0.4 is 10.2 Å². The molecule has 1 saturated heterocycles. The lowest BCUT2D eigenvalue weighted by Crippen LogP contribution is -2.41. The van der Waals surface area contributed by atoms with Gasteiger partial charge in [0.25, 0.3) is 5.91 Å². The van der Waals surface area contributed by atoms with Gasteiger partial charge in [-0.2, -0.15) is 0 Å². The zero-order valence-electron chi connectivity index (χ0n) is 13.9. The SMILES string of the molecule is CC1CC(C)CN(c2cccc(C(=O)NC(C)(C)C)c2)C1. The van der Waals surface area contributed by atoms with Crippen LogP contribution in [0.3, 0.4) is 0 Å². The molecule has 0 radical (unpaired) electrons. The molecule has 1 aromatic carbocycles. The maximum absolute atomic E-state index is 12.3. The van der Waals surface area contributed by atoms with Crippen LogP contribution in [0, 0.1) is 11.8 Å². The van der Waals surface area contributed by atoms with Crippen molar-refractivity contribution in [2.45, 2.75) is 46.6 Å². The quantitative estimate of drug-likeness (QED) is 0.900. The zero-order valence-corrected chi connectivity index (χ0v) is 13.9. The van der Waals surface area contributed by atoms with E-state index in [-0.39, 0.29) is 11.4 Å². The summed E-state index contributed by atoms with van der Waals surface area (Å²) in [5.41, 5.74) is 1.70. The highest BCUT2D eigenvalue weighted by Crippen LogP contribution is 2.26. The lowest BCUT2D eigenvalue weighted by molar-refractivity contribution is 0.0919. The van der Waals surface area contributed by atoms with Gasteiger partial charge < -0.3 is 10.2 Å². The van der Waals surface area contributed by atoms with Gasteiger partial charge in [-0.3, -0.25) is 4.79 Å². The van der Waals surface area contributed by atoms with Crippen LogP contribution in [-0.2, 0) is 0 Å². The second-order valence-electron chi connectivity index (χ2n) is 7.61. The third kappa shape index (κ3) is 4.48. The Hall–Kier alpha value is -1.51. The van der Waals surface area contributed by atoms with E-state index in [1.165, 1.54) is 6.42 Å². The number of rotatable bonds is 2. The molecule has 0 bridgehead atoms. The fraction of sp³-hybridized carbons (Fsp3) is 0.611. The molecular weight excluding hydrogens is 260 g/mol. The molecular formula is C18H28N2O. The smallest absolute Gasteiger partial charge is 0.251 e. The Balaban J connectivity index is 2.16. The van der Waals surface area contributed by atoms with E-state index >= 15 is 0 Å². The molecule has 116 valence electrons. The Morgan fingerprint density at radius 3 is 2.38 bits per heavy atom. The van der Waals surface area contributed by atoms with Crippen molar-refractivity contribution in [2.24, 2.45) is 11.8 Å². The molecule has 0 aromatic heterocycles. The van der Waals surface area contributed by atoms with E-state index in [2.05, 4.69) is 30.1 Å². The van der Waals surface area contributed by atoms with Crippen molar-refractivity contribution in [1.82, 2.24) is 5.32 Å². The van der Waals surface area contributed by atoms with Crippen molar-refractivity contribution in [1.29, 1.82) is 0 Å². The molecule has 2 unspecified atom stereocenters. The van der Waals surface area contributed by atoms with Gasteiger partial charge in [0.1, 0.15) is 0 Å². The Bertz CT molecular complexity index is 494. The number of benzene rings is 1. The molecule has 1 amide bonds. The van der Waals surface area contributed by atoms with Crippen LogP contribution >= 0.6 is 0 Å². The summed E-state index contributed by atoms with van der Waals surface area (Å²) in [5, 5.41) is 3.03. The molecule has 1 aliphatic heterocycles. The highest BCUT2D eigenvalue weighted by Gasteiger charge is 2.23. The minimum absolute atomic E-state index is 0.00227. The zero-order chi connectivity index (χ0) is 15.6. The van der Waals surface area contributed by atoms with Crippen LogP contribution in [0.15, 0.2) is 24.3 Å². The van der Waals surface area contributed by atoms with Crippen LogP contribution in [0.5, 0.6) is 0 Å². The largest absolute Gasteiger partial charge is 0.371 e. The summed E-state index contributed by atoms with van der Waals surface area (Å²) in [6, 6.07) is 8.00. The maximum atomic E-state index is 12.3. The number of hydrogen-bond donors (Lipinski definition) is 1. The van der Waals surface area contributed by atoms with Crippen molar-refractivity contribution in [3.05, 3.63) is 29.8 Å². The molecule has 1 aromatic rings. The highest BCUT2D eigenvalue weighted by atomic mass is 16.1. The average Bonchev–Trinajstić information content (AvgIpc) is 2.36. The van der Waals surface area contributed by atoms with Gasteiger partial charge in [-0.15, -0.1) is 0 Å². The van der Waals surface area contributed by atoms with Gasteiger partial charge >= 0.3 is 0 Å². The average molecular weight is 288 g/mol. The standard InChI is InChI=1S/C18H28N2O/c1-13-9-14(2)12-20(11-13)16-8-6-7-15(10-16)17(21)19-18(3,4)5/h6-8,10,13-14H,9,11-12H2,1-5H3,(H,19,21). The van der Waals surface area contributed by atoms with Gasteiger partial charge in [0, 0.05) is 29.9 Å². The van der Waals surface area contributed by atoms with E-state index in [0.29, 0.717) is 11.8 Å². The lowest BCUT2D eigenvalue weighted by Gasteiger charge is -2.36. The van der Waals surface area contributed by atoms with E-state index in [1.807, 2.05) is 39.0 Å². The Kier molecular flexibility index (Phi) is 4.60. The number of anilines is 1. The van der Waals surface area contributed by atoms with Crippen molar-refractivity contribution in [2.75, 3.05) is 18.0 Å². The fourth-order valence-electron chi connectivity index (χ4n) is 3.13. The minimum Gasteiger partial charge on any atom is -0.371 e. The number of hydrogen-bond acceptors (Lipinski definition) is 2. The molecule has 1 N–H and O–H groups in total. The molecule has 1 aliphatic rings. The first-order valence-corrected chi connectivity index (χ1v) is 7.92. The number of piperidine rings is 1. The number of nitrogens with zero attached hydrogens (tertiary/aromatic N) is 1. The monoisotopic (exact) mass is 288 g/mol. The fourth-order valence-corrected chi connectivity index (χ4v) is 3.13. The van der Waals surface area contributed by atoms with E-state index in [1.54, 1.807) is 0 Å². The van der Waals surface area contributed by atoms with Gasteiger partial charge in [0.15, 0.2) is 0 Å². The first-order chi connectivity index (χ1) is 9.74. The van der Waals surface area contributed by atoms with Gasteiger partial charge in [-0.1, -0.05) is 19.9 Å². The second-order valence-corrected chi connectivity index (χ2v) is 7.61. The second kappa shape index (κ2) is 6.08. The van der Waals surface area contributed by atoms with Gasteiger partial charge in [0.05, 0.1) is 0 Å². The first-order valence-electron chi connectivity index (χ1n) is 7.92. The Labute approximate surface area is 128 Å². The summed E-state index contributed by atoms with van der Waals surface area (Å²) in [4.78, 5) is 14.7. The van der Waals surface area contributed by atoms with E-state index in [0.717, 1.165) is 24.3 Å². The van der Waals surface area contributed by atoms with Crippen LogP contribution in [0.25, 0.3) is 0 Å². The summed E-state index contributed by atoms with van der Waals surface area (Å²) in [7, 11) is 0. The van der Waals surface area contributed by atoms with Crippen molar-refractivity contribution < 1.29 is 4.79 Å². The van der Waals surface area contributed by atoms with E-state index in [9.17, 15) is 4.79 Å². The van der Waals surface area contributed by atoms with Crippen LogP contribution in [0.1, 0.15) is 51.4 Å². The summed E-state index contributed by atoms with van der Waals surface area (Å²) in [6.07, 6.45) is 1.29. The summed E-state index contributed by atoms with van der Waals surface area (Å²) in [5.74, 6) is 1.42. The normalized spacial score (nSPS) is 23.0. The van der Waals surface area contributed by atoms with Crippen molar-refractivity contribution >= 4 is 11.6 Å². The van der Waals surface area contributed by atoms with E-state index in [4.69, 9.17) is 0 Å². The van der Waals surface area contributed by atoms with Gasteiger partial charge in [-0.05, 0) is 57.2 Å². The molecule has 0 aliphatic carbocycles. The van der Waals surface area contributed by atoms with Gasteiger partial charge in [0.2, 0.25) is 0 Å². The minimum atomic E-state index is -0.207. The predicted octanol–water partition coefficient (Wildman–Crippen LogP) is 3.70. The predicted molar refractivity (Wildman–Crippen MR) is 88.8 cm³/mol. The lowest BCUT2D eigenvalue weighted by atomic mass is 9.91. The molecule has 0 saturated carbocycles. The molecule has 3 nitrogen and oxygen atoms in total. The Morgan fingerprint density at radius 1 is 1.19 bits per heavy atom. The topological polar surface area (TPSA) is 32.3 Å².